The first-order chi connectivity index (χ1) is 14.3. The topological polar surface area (TPSA) is 30.9 Å². The summed E-state index contributed by atoms with van der Waals surface area (Å²) in [6.45, 7) is 5.35. The standard InChI is InChI=1S/C23H30F3NO3/c1-16(2)29-19-14-20(15-19)30-18-8-10-27(11-9-18)22-13-17(5-4-12-28-3)6-7-21(22)23(24,25)26/h6-7,13,16,18-20H,8-12,14-15H2,1-3H3. The average Bonchev–Trinajstić information content (AvgIpc) is 2.66. The predicted molar refractivity (Wildman–Crippen MR) is 110 cm³/mol. The van der Waals surface area contributed by atoms with Gasteiger partial charge in [-0.1, -0.05) is 11.8 Å². The van der Waals surface area contributed by atoms with Gasteiger partial charge in [0.2, 0.25) is 0 Å². The van der Waals surface area contributed by atoms with Crippen molar-refractivity contribution in [3.8, 4) is 11.8 Å². The number of nitrogens with zero attached hydrogens (tertiary/aromatic N) is 1. The van der Waals surface area contributed by atoms with Crippen molar-refractivity contribution in [1.82, 2.24) is 0 Å². The molecule has 0 atom stereocenters. The molecule has 0 radical (unpaired) electrons. The highest BCUT2D eigenvalue weighted by molar-refractivity contribution is 5.59. The third-order valence-electron chi connectivity index (χ3n) is 5.44. The van der Waals surface area contributed by atoms with Crippen LogP contribution in [0.4, 0.5) is 18.9 Å². The maximum absolute atomic E-state index is 13.6. The molecule has 0 N–H and O–H groups in total. The molecule has 1 saturated carbocycles. The zero-order valence-electron chi connectivity index (χ0n) is 17.8. The van der Waals surface area contributed by atoms with E-state index < -0.39 is 11.7 Å². The van der Waals surface area contributed by atoms with E-state index in [1.165, 1.54) is 19.2 Å². The smallest absolute Gasteiger partial charge is 0.375 e. The molecule has 7 heteroatoms. The Morgan fingerprint density at radius 3 is 2.40 bits per heavy atom. The molecule has 3 rings (SSSR count). The van der Waals surface area contributed by atoms with Crippen LogP contribution in [0.3, 0.4) is 0 Å². The summed E-state index contributed by atoms with van der Waals surface area (Å²) in [5.41, 5.74) is 0.130. The van der Waals surface area contributed by atoms with Crippen LogP contribution < -0.4 is 4.90 Å². The number of piperidine rings is 1. The number of anilines is 1. The van der Waals surface area contributed by atoms with E-state index in [-0.39, 0.29) is 36.7 Å². The van der Waals surface area contributed by atoms with Crippen molar-refractivity contribution in [2.75, 3.05) is 31.7 Å². The number of benzene rings is 1. The van der Waals surface area contributed by atoms with Crippen LogP contribution in [-0.2, 0) is 20.4 Å². The number of rotatable bonds is 6. The lowest BCUT2D eigenvalue weighted by Gasteiger charge is -2.41. The maximum Gasteiger partial charge on any atom is 0.418 e. The molecule has 166 valence electrons. The molecule has 0 amide bonds. The molecule has 0 unspecified atom stereocenters. The Morgan fingerprint density at radius 2 is 1.80 bits per heavy atom. The van der Waals surface area contributed by atoms with Crippen LogP contribution in [0.1, 0.15) is 50.7 Å². The average molecular weight is 425 g/mol. The normalized spacial score (nSPS) is 22.6. The van der Waals surface area contributed by atoms with Crippen molar-refractivity contribution in [1.29, 1.82) is 0 Å². The van der Waals surface area contributed by atoms with Crippen LogP contribution in [0.15, 0.2) is 18.2 Å². The highest BCUT2D eigenvalue weighted by Crippen LogP contribution is 2.38. The predicted octanol–water partition coefficient (Wildman–Crippen LogP) is 4.64. The van der Waals surface area contributed by atoms with Gasteiger partial charge in [0.1, 0.15) is 6.61 Å². The fourth-order valence-corrected chi connectivity index (χ4v) is 3.95. The minimum Gasteiger partial charge on any atom is -0.375 e. The van der Waals surface area contributed by atoms with Gasteiger partial charge in [-0.2, -0.15) is 13.2 Å². The van der Waals surface area contributed by atoms with Crippen LogP contribution in [0.2, 0.25) is 0 Å². The maximum atomic E-state index is 13.6. The molecule has 0 aromatic heterocycles. The Hall–Kier alpha value is -1.75. The Bertz CT molecular complexity index is 755. The van der Waals surface area contributed by atoms with E-state index in [1.54, 1.807) is 4.90 Å². The lowest BCUT2D eigenvalue weighted by atomic mass is 9.91. The third-order valence-corrected chi connectivity index (χ3v) is 5.44. The molecule has 0 spiro atoms. The summed E-state index contributed by atoms with van der Waals surface area (Å²) in [4.78, 5) is 1.80. The zero-order valence-corrected chi connectivity index (χ0v) is 17.8. The van der Waals surface area contributed by atoms with Gasteiger partial charge < -0.3 is 19.1 Å². The minimum absolute atomic E-state index is 0.0882. The van der Waals surface area contributed by atoms with E-state index in [0.717, 1.165) is 18.9 Å². The quantitative estimate of drug-likeness (QED) is 0.621. The van der Waals surface area contributed by atoms with Gasteiger partial charge in [-0.05, 0) is 57.7 Å². The number of hydrogen-bond acceptors (Lipinski definition) is 4. The molecule has 0 bridgehead atoms. The number of ether oxygens (including phenoxy) is 3. The van der Waals surface area contributed by atoms with Crippen molar-refractivity contribution in [3.63, 3.8) is 0 Å². The van der Waals surface area contributed by atoms with E-state index in [9.17, 15) is 13.2 Å². The van der Waals surface area contributed by atoms with Crippen molar-refractivity contribution >= 4 is 5.69 Å². The van der Waals surface area contributed by atoms with Gasteiger partial charge >= 0.3 is 6.18 Å². The van der Waals surface area contributed by atoms with Crippen LogP contribution in [0.25, 0.3) is 0 Å². The van der Waals surface area contributed by atoms with Gasteiger partial charge in [-0.3, -0.25) is 0 Å². The second-order valence-corrected chi connectivity index (χ2v) is 8.19. The Balaban J connectivity index is 1.60. The van der Waals surface area contributed by atoms with Crippen LogP contribution >= 0.6 is 0 Å². The van der Waals surface area contributed by atoms with Crippen molar-refractivity contribution in [3.05, 3.63) is 29.3 Å². The molecule has 2 fully saturated rings. The van der Waals surface area contributed by atoms with E-state index in [1.807, 2.05) is 13.8 Å². The number of halogens is 3. The largest absolute Gasteiger partial charge is 0.418 e. The Labute approximate surface area is 176 Å². The molecule has 1 heterocycles. The summed E-state index contributed by atoms with van der Waals surface area (Å²) in [5, 5.41) is 0. The monoisotopic (exact) mass is 425 g/mol. The number of alkyl halides is 3. The van der Waals surface area contributed by atoms with Gasteiger partial charge in [0.05, 0.1) is 35.7 Å². The van der Waals surface area contributed by atoms with Crippen LogP contribution in [-0.4, -0.2) is 51.2 Å². The first-order valence-corrected chi connectivity index (χ1v) is 10.5. The SMILES string of the molecule is COCC#Cc1ccc(C(F)(F)F)c(N2CCC(OC3CC(OC(C)C)C3)CC2)c1. The first-order valence-electron chi connectivity index (χ1n) is 10.5. The number of hydrogen-bond donors (Lipinski definition) is 0. The van der Waals surface area contributed by atoms with Crippen LogP contribution in [0.5, 0.6) is 0 Å². The molecular weight excluding hydrogens is 395 g/mol. The van der Waals surface area contributed by atoms with Gasteiger partial charge in [-0.15, -0.1) is 0 Å². The molecule has 1 aliphatic heterocycles. The fourth-order valence-electron chi connectivity index (χ4n) is 3.95. The molecule has 1 aromatic rings. The molecule has 1 aromatic carbocycles. The van der Waals surface area contributed by atoms with Crippen molar-refractivity contribution in [2.24, 2.45) is 0 Å². The summed E-state index contributed by atoms with van der Waals surface area (Å²) >= 11 is 0. The van der Waals surface area contributed by atoms with Gasteiger partial charge in [0.25, 0.3) is 0 Å². The van der Waals surface area contributed by atoms with E-state index in [2.05, 4.69) is 11.8 Å². The second kappa shape index (κ2) is 10.0. The summed E-state index contributed by atoms with van der Waals surface area (Å²) in [6, 6.07) is 4.07. The molecule has 4 nitrogen and oxygen atoms in total. The number of methoxy groups -OCH3 is 1. The summed E-state index contributed by atoms with van der Waals surface area (Å²) in [7, 11) is 1.53. The van der Waals surface area contributed by atoms with E-state index in [4.69, 9.17) is 14.2 Å². The summed E-state index contributed by atoms with van der Waals surface area (Å²) in [5.74, 6) is 5.66. The van der Waals surface area contributed by atoms with Gasteiger partial charge in [0.15, 0.2) is 0 Å². The summed E-state index contributed by atoms with van der Waals surface area (Å²) in [6.07, 6.45) is -0.397. The van der Waals surface area contributed by atoms with Crippen molar-refractivity contribution < 1.29 is 27.4 Å². The zero-order chi connectivity index (χ0) is 21.7. The molecule has 2 aliphatic rings. The van der Waals surface area contributed by atoms with Crippen LogP contribution in [0, 0.1) is 11.8 Å². The van der Waals surface area contributed by atoms with Gasteiger partial charge in [0, 0.05) is 25.8 Å². The van der Waals surface area contributed by atoms with Crippen molar-refractivity contribution in [2.45, 2.75) is 70.1 Å². The van der Waals surface area contributed by atoms with E-state index in [0.29, 0.717) is 31.5 Å². The summed E-state index contributed by atoms with van der Waals surface area (Å²) < 4.78 is 57.4. The molecule has 30 heavy (non-hydrogen) atoms. The first kappa shape index (κ1) is 22.9. The fraction of sp³-hybridized carbons (Fsp3) is 0.652. The Kier molecular flexibility index (Phi) is 7.67. The van der Waals surface area contributed by atoms with Gasteiger partial charge in [-0.25, -0.2) is 0 Å². The lowest BCUT2D eigenvalue weighted by molar-refractivity contribution is -0.141. The molecule has 1 aliphatic carbocycles. The molecular formula is C23H30F3NO3. The third kappa shape index (κ3) is 6.13. The highest BCUT2D eigenvalue weighted by Gasteiger charge is 2.37. The minimum atomic E-state index is -4.40. The van der Waals surface area contributed by atoms with E-state index >= 15 is 0 Å². The molecule has 1 saturated heterocycles. The Morgan fingerprint density at radius 1 is 1.10 bits per heavy atom. The lowest BCUT2D eigenvalue weighted by Crippen LogP contribution is -2.44. The highest BCUT2D eigenvalue weighted by atomic mass is 19.4. The second-order valence-electron chi connectivity index (χ2n) is 8.19.